The molecule has 0 saturated carbocycles. The van der Waals surface area contributed by atoms with E-state index in [1.165, 1.54) is 0 Å². The number of methoxy groups -OCH3 is 1. The number of ether oxygens (including phenoxy) is 1. The summed E-state index contributed by atoms with van der Waals surface area (Å²) >= 11 is 0. The summed E-state index contributed by atoms with van der Waals surface area (Å²) in [4.78, 5) is 8.58. The highest BCUT2D eigenvalue weighted by atomic mass is 16.5. The first kappa shape index (κ1) is 11.4. The van der Waals surface area contributed by atoms with Crippen molar-refractivity contribution in [2.45, 2.75) is 6.92 Å². The van der Waals surface area contributed by atoms with E-state index < -0.39 is 0 Å². The number of aliphatic imine (C=N–C) groups is 1. The summed E-state index contributed by atoms with van der Waals surface area (Å²) in [6, 6.07) is 5.88. The molecule has 0 saturated heterocycles. The van der Waals surface area contributed by atoms with Gasteiger partial charge in [-0.25, -0.2) is 4.98 Å². The van der Waals surface area contributed by atoms with Crippen LogP contribution in [0.2, 0.25) is 0 Å². The number of hydrogen-bond donors (Lipinski definition) is 0. The number of hydrogen-bond acceptors (Lipinski definition) is 3. The molecule has 2 aromatic rings. The maximum Gasteiger partial charge on any atom is 0.147 e. The van der Waals surface area contributed by atoms with E-state index >= 15 is 0 Å². The fourth-order valence-corrected chi connectivity index (χ4v) is 1.64. The molecule has 0 aliphatic carbocycles. The SMILES string of the molecule is COc1c(C)cccc1N=Cc1cn(C)cn1. The van der Waals surface area contributed by atoms with Crippen LogP contribution in [0.1, 0.15) is 11.3 Å². The van der Waals surface area contributed by atoms with Gasteiger partial charge >= 0.3 is 0 Å². The zero-order chi connectivity index (χ0) is 12.3. The van der Waals surface area contributed by atoms with Crippen molar-refractivity contribution in [1.29, 1.82) is 0 Å². The number of para-hydroxylation sites is 1. The van der Waals surface area contributed by atoms with Crippen LogP contribution in [0.3, 0.4) is 0 Å². The summed E-state index contributed by atoms with van der Waals surface area (Å²) in [5.41, 5.74) is 2.72. The van der Waals surface area contributed by atoms with Crippen molar-refractivity contribution in [3.8, 4) is 5.75 Å². The van der Waals surface area contributed by atoms with Crippen LogP contribution < -0.4 is 4.74 Å². The number of nitrogens with zero attached hydrogens (tertiary/aromatic N) is 3. The van der Waals surface area contributed by atoms with Crippen LogP contribution in [0.15, 0.2) is 35.7 Å². The van der Waals surface area contributed by atoms with Crippen LogP contribution in [-0.4, -0.2) is 22.9 Å². The normalized spacial score (nSPS) is 11.0. The Kier molecular flexibility index (Phi) is 3.23. The summed E-state index contributed by atoms with van der Waals surface area (Å²) < 4.78 is 7.21. The fourth-order valence-electron chi connectivity index (χ4n) is 1.64. The molecule has 4 nitrogen and oxygen atoms in total. The summed E-state index contributed by atoms with van der Waals surface area (Å²) in [5, 5.41) is 0. The Morgan fingerprint density at radius 1 is 1.41 bits per heavy atom. The Labute approximate surface area is 101 Å². The van der Waals surface area contributed by atoms with Gasteiger partial charge in [-0.05, 0) is 18.6 Å². The van der Waals surface area contributed by atoms with Crippen molar-refractivity contribution in [2.75, 3.05) is 7.11 Å². The Balaban J connectivity index is 2.29. The van der Waals surface area contributed by atoms with E-state index in [1.54, 1.807) is 19.7 Å². The molecule has 17 heavy (non-hydrogen) atoms. The van der Waals surface area contributed by atoms with Crippen molar-refractivity contribution in [3.05, 3.63) is 42.0 Å². The minimum atomic E-state index is 0.805. The first-order valence-electron chi connectivity index (χ1n) is 5.36. The van der Waals surface area contributed by atoms with Gasteiger partial charge in [0.15, 0.2) is 0 Å². The molecule has 0 N–H and O–H groups in total. The predicted octanol–water partition coefficient (Wildman–Crippen LogP) is 2.49. The van der Waals surface area contributed by atoms with Gasteiger partial charge in [-0.15, -0.1) is 0 Å². The van der Waals surface area contributed by atoms with Gasteiger partial charge in [-0.3, -0.25) is 4.99 Å². The van der Waals surface area contributed by atoms with Crippen molar-refractivity contribution in [2.24, 2.45) is 12.0 Å². The first-order valence-corrected chi connectivity index (χ1v) is 5.36. The molecular formula is C13H15N3O. The van der Waals surface area contributed by atoms with Crippen molar-refractivity contribution >= 4 is 11.9 Å². The van der Waals surface area contributed by atoms with E-state index in [1.807, 2.05) is 42.9 Å². The molecule has 0 aliphatic rings. The van der Waals surface area contributed by atoms with Gasteiger partial charge in [-0.1, -0.05) is 12.1 Å². The van der Waals surface area contributed by atoms with Crippen LogP contribution >= 0.6 is 0 Å². The average molecular weight is 229 g/mol. The lowest BCUT2D eigenvalue weighted by atomic mass is 10.2. The van der Waals surface area contributed by atoms with Gasteiger partial charge in [0, 0.05) is 13.2 Å². The Hall–Kier alpha value is -2.10. The molecule has 0 fully saturated rings. The molecule has 1 heterocycles. The van der Waals surface area contributed by atoms with Gasteiger partial charge in [0.25, 0.3) is 0 Å². The molecule has 1 aromatic carbocycles. The molecule has 1 aromatic heterocycles. The topological polar surface area (TPSA) is 39.4 Å². The molecule has 88 valence electrons. The molecule has 0 spiro atoms. The average Bonchev–Trinajstić information content (AvgIpc) is 2.72. The number of aryl methyl sites for hydroxylation is 2. The lowest BCUT2D eigenvalue weighted by molar-refractivity contribution is 0.413. The molecule has 0 bridgehead atoms. The summed E-state index contributed by atoms with van der Waals surface area (Å²) in [6.07, 6.45) is 5.39. The smallest absolute Gasteiger partial charge is 0.147 e. The van der Waals surface area contributed by atoms with Crippen molar-refractivity contribution in [3.63, 3.8) is 0 Å². The molecule has 2 rings (SSSR count). The molecule has 0 aliphatic heterocycles. The standard InChI is InChI=1S/C13H15N3O/c1-10-5-4-6-12(13(10)17-3)14-7-11-8-16(2)9-15-11/h4-9H,1-3H3. The molecule has 4 heteroatoms. The first-order chi connectivity index (χ1) is 8.20. The highest BCUT2D eigenvalue weighted by Gasteiger charge is 2.03. The summed E-state index contributed by atoms with van der Waals surface area (Å²) in [5.74, 6) is 0.805. The number of benzene rings is 1. The maximum atomic E-state index is 5.33. The van der Waals surface area contributed by atoms with Crippen LogP contribution in [0, 0.1) is 6.92 Å². The van der Waals surface area contributed by atoms with Crippen molar-refractivity contribution in [1.82, 2.24) is 9.55 Å². The molecule has 0 unspecified atom stereocenters. The zero-order valence-electron chi connectivity index (χ0n) is 10.2. The molecule has 0 atom stereocenters. The van der Waals surface area contributed by atoms with Crippen LogP contribution in [0.4, 0.5) is 5.69 Å². The number of imidazole rings is 1. The van der Waals surface area contributed by atoms with E-state index in [4.69, 9.17) is 4.74 Å². The van der Waals surface area contributed by atoms with Gasteiger partial charge in [0.1, 0.15) is 11.4 Å². The Morgan fingerprint density at radius 2 is 2.24 bits per heavy atom. The van der Waals surface area contributed by atoms with E-state index in [0.717, 1.165) is 22.7 Å². The largest absolute Gasteiger partial charge is 0.494 e. The van der Waals surface area contributed by atoms with Gasteiger partial charge in [-0.2, -0.15) is 0 Å². The van der Waals surface area contributed by atoms with Gasteiger partial charge < -0.3 is 9.30 Å². The molecular weight excluding hydrogens is 214 g/mol. The molecule has 0 radical (unpaired) electrons. The van der Waals surface area contributed by atoms with Crippen LogP contribution in [0.25, 0.3) is 0 Å². The lowest BCUT2D eigenvalue weighted by Gasteiger charge is -2.06. The Bertz CT molecular complexity index is 543. The zero-order valence-corrected chi connectivity index (χ0v) is 10.2. The van der Waals surface area contributed by atoms with Crippen LogP contribution in [0.5, 0.6) is 5.75 Å². The van der Waals surface area contributed by atoms with E-state index in [0.29, 0.717) is 0 Å². The van der Waals surface area contributed by atoms with Gasteiger partial charge in [0.2, 0.25) is 0 Å². The third kappa shape index (κ3) is 2.53. The maximum absolute atomic E-state index is 5.33. The van der Waals surface area contributed by atoms with Crippen molar-refractivity contribution < 1.29 is 4.74 Å². The Morgan fingerprint density at radius 3 is 2.88 bits per heavy atom. The summed E-state index contributed by atoms with van der Waals surface area (Å²) in [7, 11) is 3.58. The number of aromatic nitrogens is 2. The lowest BCUT2D eigenvalue weighted by Crippen LogP contribution is -1.88. The highest BCUT2D eigenvalue weighted by Crippen LogP contribution is 2.30. The predicted molar refractivity (Wildman–Crippen MR) is 68.2 cm³/mol. The quantitative estimate of drug-likeness (QED) is 0.758. The van der Waals surface area contributed by atoms with E-state index in [9.17, 15) is 0 Å². The van der Waals surface area contributed by atoms with Crippen LogP contribution in [-0.2, 0) is 7.05 Å². The fraction of sp³-hybridized carbons (Fsp3) is 0.231. The third-order valence-corrected chi connectivity index (χ3v) is 2.46. The second-order valence-electron chi connectivity index (χ2n) is 3.85. The molecule has 0 amide bonds. The minimum Gasteiger partial charge on any atom is -0.494 e. The van der Waals surface area contributed by atoms with Gasteiger partial charge in [0.05, 0.1) is 25.3 Å². The number of rotatable bonds is 3. The second-order valence-corrected chi connectivity index (χ2v) is 3.85. The summed E-state index contributed by atoms with van der Waals surface area (Å²) in [6.45, 7) is 2.00. The monoisotopic (exact) mass is 229 g/mol. The second kappa shape index (κ2) is 4.82. The minimum absolute atomic E-state index is 0.805. The van der Waals surface area contributed by atoms with E-state index in [-0.39, 0.29) is 0 Å². The van der Waals surface area contributed by atoms with E-state index in [2.05, 4.69) is 9.98 Å². The highest BCUT2D eigenvalue weighted by molar-refractivity contribution is 5.80. The third-order valence-electron chi connectivity index (χ3n) is 2.46.